The van der Waals surface area contributed by atoms with Gasteiger partial charge in [-0.25, -0.2) is 4.79 Å². The molecular weight excluding hydrogens is 244 g/mol. The van der Waals surface area contributed by atoms with Gasteiger partial charge in [0, 0.05) is 13.1 Å². The predicted molar refractivity (Wildman–Crippen MR) is 71.7 cm³/mol. The van der Waals surface area contributed by atoms with E-state index in [1.54, 1.807) is 0 Å². The van der Waals surface area contributed by atoms with Gasteiger partial charge < -0.3 is 20.1 Å². The summed E-state index contributed by atoms with van der Waals surface area (Å²) in [6, 6.07) is 9.50. The van der Waals surface area contributed by atoms with E-state index in [-0.39, 0.29) is 13.2 Å². The number of hydrogen-bond donors (Lipinski definition) is 2. The average molecular weight is 264 g/mol. The highest BCUT2D eigenvalue weighted by molar-refractivity contribution is 5.67. The minimum atomic E-state index is -0.833. The van der Waals surface area contributed by atoms with Crippen molar-refractivity contribution in [3.8, 4) is 0 Å². The van der Waals surface area contributed by atoms with Crippen molar-refractivity contribution in [3.05, 3.63) is 35.9 Å². The van der Waals surface area contributed by atoms with Crippen molar-refractivity contribution in [2.75, 3.05) is 26.7 Å². The van der Waals surface area contributed by atoms with Crippen LogP contribution in [0.3, 0.4) is 0 Å². The van der Waals surface area contributed by atoms with Crippen molar-refractivity contribution in [1.29, 1.82) is 0 Å². The fourth-order valence-corrected chi connectivity index (χ4v) is 2.21. The van der Waals surface area contributed by atoms with Crippen LogP contribution in [0.2, 0.25) is 0 Å². The largest absolute Gasteiger partial charge is 0.445 e. The van der Waals surface area contributed by atoms with Crippen molar-refractivity contribution >= 4 is 6.09 Å². The van der Waals surface area contributed by atoms with Crippen LogP contribution in [0.1, 0.15) is 12.0 Å². The van der Waals surface area contributed by atoms with E-state index >= 15 is 0 Å². The lowest BCUT2D eigenvalue weighted by atomic mass is 10.0. The lowest BCUT2D eigenvalue weighted by Gasteiger charge is -2.22. The molecular formula is C14H20N2O3. The van der Waals surface area contributed by atoms with Gasteiger partial charge in [-0.1, -0.05) is 30.3 Å². The zero-order valence-corrected chi connectivity index (χ0v) is 11.1. The van der Waals surface area contributed by atoms with Crippen LogP contribution in [0.4, 0.5) is 4.79 Å². The first-order valence-corrected chi connectivity index (χ1v) is 6.43. The third kappa shape index (κ3) is 4.22. The number of rotatable bonds is 4. The summed E-state index contributed by atoms with van der Waals surface area (Å²) in [7, 11) is 1.95. The van der Waals surface area contributed by atoms with Crippen LogP contribution in [-0.2, 0) is 11.3 Å². The summed E-state index contributed by atoms with van der Waals surface area (Å²) in [6.07, 6.45) is 0.175. The summed E-state index contributed by atoms with van der Waals surface area (Å²) in [5, 5.41) is 12.8. The van der Waals surface area contributed by atoms with Crippen LogP contribution in [0.15, 0.2) is 30.3 Å². The van der Waals surface area contributed by atoms with Gasteiger partial charge in [-0.3, -0.25) is 0 Å². The summed E-state index contributed by atoms with van der Waals surface area (Å²) in [6.45, 7) is 1.89. The molecule has 5 nitrogen and oxygen atoms in total. The molecule has 1 aliphatic heterocycles. The molecule has 1 aliphatic rings. The van der Waals surface area contributed by atoms with Crippen molar-refractivity contribution in [3.63, 3.8) is 0 Å². The Hall–Kier alpha value is -1.59. The zero-order valence-electron chi connectivity index (χ0n) is 11.1. The summed E-state index contributed by atoms with van der Waals surface area (Å²) in [5.74, 6) is 0. The molecule has 1 fully saturated rings. The Labute approximate surface area is 113 Å². The fraction of sp³-hybridized carbons (Fsp3) is 0.500. The second-order valence-electron chi connectivity index (χ2n) is 5.13. The maximum absolute atomic E-state index is 11.5. The summed E-state index contributed by atoms with van der Waals surface area (Å²) >= 11 is 0. The quantitative estimate of drug-likeness (QED) is 0.851. The Kier molecular flexibility index (Phi) is 4.39. The number of likely N-dealkylation sites (N-methyl/N-ethyl adjacent to an activating group) is 1. The van der Waals surface area contributed by atoms with Crippen LogP contribution in [-0.4, -0.2) is 48.4 Å². The van der Waals surface area contributed by atoms with Crippen molar-refractivity contribution in [2.45, 2.75) is 18.6 Å². The smallest absolute Gasteiger partial charge is 0.407 e. The third-order valence-electron chi connectivity index (χ3n) is 3.30. The molecule has 19 heavy (non-hydrogen) atoms. The van der Waals surface area contributed by atoms with E-state index in [4.69, 9.17) is 4.74 Å². The van der Waals surface area contributed by atoms with E-state index < -0.39 is 11.7 Å². The van der Waals surface area contributed by atoms with Gasteiger partial charge in [0.15, 0.2) is 0 Å². The zero-order chi connectivity index (χ0) is 13.7. The second kappa shape index (κ2) is 6.04. The number of carbonyl (C=O) groups excluding carboxylic acids is 1. The van der Waals surface area contributed by atoms with Crippen molar-refractivity contribution < 1.29 is 14.6 Å². The van der Waals surface area contributed by atoms with Gasteiger partial charge in [-0.2, -0.15) is 0 Å². The van der Waals surface area contributed by atoms with Gasteiger partial charge in [0.25, 0.3) is 0 Å². The number of aliphatic hydroxyl groups is 1. The molecule has 0 aliphatic carbocycles. The van der Waals surface area contributed by atoms with Crippen LogP contribution in [0.25, 0.3) is 0 Å². The standard InChI is InChI=1S/C14H20N2O3/c1-16-8-7-14(18,11-16)10-15-13(17)19-9-12-5-3-2-4-6-12/h2-6,18H,7-11H2,1H3,(H,15,17). The summed E-state index contributed by atoms with van der Waals surface area (Å²) in [4.78, 5) is 13.6. The molecule has 0 spiro atoms. The first kappa shape index (κ1) is 13.8. The molecule has 1 aromatic rings. The number of likely N-dealkylation sites (tertiary alicyclic amines) is 1. The number of alkyl carbamates (subject to hydrolysis) is 1. The lowest BCUT2D eigenvalue weighted by Crippen LogP contribution is -2.44. The molecule has 104 valence electrons. The van der Waals surface area contributed by atoms with E-state index in [0.717, 1.165) is 12.1 Å². The monoisotopic (exact) mass is 264 g/mol. The maximum Gasteiger partial charge on any atom is 0.407 e. The molecule has 1 atom stereocenters. The molecule has 2 rings (SSSR count). The molecule has 5 heteroatoms. The molecule has 1 unspecified atom stereocenters. The molecule has 1 aromatic carbocycles. The molecule has 1 amide bonds. The molecule has 0 bridgehead atoms. The molecule has 1 saturated heterocycles. The number of carbonyl (C=O) groups is 1. The highest BCUT2D eigenvalue weighted by atomic mass is 16.5. The first-order chi connectivity index (χ1) is 9.07. The predicted octanol–water partition coefficient (Wildman–Crippen LogP) is 0.979. The van der Waals surface area contributed by atoms with E-state index in [1.807, 2.05) is 42.3 Å². The molecule has 1 heterocycles. The molecule has 0 aromatic heterocycles. The highest BCUT2D eigenvalue weighted by Crippen LogP contribution is 2.18. The summed E-state index contributed by atoms with van der Waals surface area (Å²) in [5.41, 5.74) is 0.109. The normalized spacial score (nSPS) is 23.3. The SMILES string of the molecule is CN1CCC(O)(CNC(=O)OCc2ccccc2)C1. The fourth-order valence-electron chi connectivity index (χ4n) is 2.21. The van der Waals surface area contributed by atoms with Gasteiger partial charge in [0.05, 0.1) is 12.1 Å². The third-order valence-corrected chi connectivity index (χ3v) is 3.30. The van der Waals surface area contributed by atoms with Crippen molar-refractivity contribution in [1.82, 2.24) is 10.2 Å². The van der Waals surface area contributed by atoms with E-state index in [1.165, 1.54) is 0 Å². The van der Waals surface area contributed by atoms with Crippen LogP contribution >= 0.6 is 0 Å². The average Bonchev–Trinajstić information content (AvgIpc) is 2.76. The number of β-amino-alcohol motifs (C(OH)–C–C–N with tert-alkyl or cyclic N) is 1. The molecule has 2 N–H and O–H groups in total. The van der Waals surface area contributed by atoms with E-state index in [0.29, 0.717) is 13.0 Å². The van der Waals surface area contributed by atoms with Crippen molar-refractivity contribution in [2.24, 2.45) is 0 Å². The second-order valence-corrected chi connectivity index (χ2v) is 5.13. The van der Waals surface area contributed by atoms with Crippen LogP contribution in [0, 0.1) is 0 Å². The highest BCUT2D eigenvalue weighted by Gasteiger charge is 2.34. The van der Waals surface area contributed by atoms with Crippen LogP contribution < -0.4 is 5.32 Å². The molecule has 0 saturated carbocycles. The Balaban J connectivity index is 1.70. The first-order valence-electron chi connectivity index (χ1n) is 6.43. The number of nitrogens with zero attached hydrogens (tertiary/aromatic N) is 1. The van der Waals surface area contributed by atoms with Gasteiger partial charge in [0.1, 0.15) is 6.61 Å². The minimum Gasteiger partial charge on any atom is -0.445 e. The van der Waals surface area contributed by atoms with Gasteiger partial charge in [-0.05, 0) is 19.0 Å². The number of nitrogens with one attached hydrogen (secondary N) is 1. The Bertz CT molecular complexity index is 424. The number of benzene rings is 1. The number of amides is 1. The van der Waals surface area contributed by atoms with E-state index in [9.17, 15) is 9.90 Å². The van der Waals surface area contributed by atoms with E-state index in [2.05, 4.69) is 5.32 Å². The van der Waals surface area contributed by atoms with Gasteiger partial charge >= 0.3 is 6.09 Å². The number of ether oxygens (including phenoxy) is 1. The maximum atomic E-state index is 11.5. The molecule has 0 radical (unpaired) electrons. The topological polar surface area (TPSA) is 61.8 Å². The van der Waals surface area contributed by atoms with Gasteiger partial charge in [0.2, 0.25) is 0 Å². The lowest BCUT2D eigenvalue weighted by molar-refractivity contribution is 0.0485. The van der Waals surface area contributed by atoms with Gasteiger partial charge in [-0.15, -0.1) is 0 Å². The minimum absolute atomic E-state index is 0.227. The Morgan fingerprint density at radius 1 is 1.47 bits per heavy atom. The Morgan fingerprint density at radius 3 is 2.84 bits per heavy atom. The summed E-state index contributed by atoms with van der Waals surface area (Å²) < 4.78 is 5.08. The van der Waals surface area contributed by atoms with Crippen LogP contribution in [0.5, 0.6) is 0 Å². The number of hydrogen-bond acceptors (Lipinski definition) is 4. The Morgan fingerprint density at radius 2 is 2.21 bits per heavy atom.